The van der Waals surface area contributed by atoms with E-state index < -0.39 is 0 Å². The highest BCUT2D eigenvalue weighted by Crippen LogP contribution is 2.28. The molecule has 0 atom stereocenters. The number of hydrogen-bond acceptors (Lipinski definition) is 4. The number of methoxy groups -OCH3 is 1. The molecule has 0 aliphatic heterocycles. The number of ketones is 1. The molecule has 4 heteroatoms. The molecule has 0 heterocycles. The van der Waals surface area contributed by atoms with Gasteiger partial charge in [-0.15, -0.1) is 0 Å². The average Bonchev–Trinajstić information content (AvgIpc) is 2.46. The van der Waals surface area contributed by atoms with Gasteiger partial charge in [-0.1, -0.05) is 24.3 Å². The Morgan fingerprint density at radius 1 is 1.10 bits per heavy atom. The predicted molar refractivity (Wildman–Crippen MR) is 76.1 cm³/mol. The minimum atomic E-state index is -0.354. The molecule has 2 aromatic rings. The van der Waals surface area contributed by atoms with Crippen LogP contribution in [0.2, 0.25) is 0 Å². The molecule has 0 unspecified atom stereocenters. The summed E-state index contributed by atoms with van der Waals surface area (Å²) in [6, 6.07) is 11.1. The van der Waals surface area contributed by atoms with Gasteiger partial charge in [0.05, 0.1) is 7.11 Å². The van der Waals surface area contributed by atoms with E-state index in [1.807, 2.05) is 0 Å². The van der Waals surface area contributed by atoms with E-state index in [0.29, 0.717) is 5.75 Å². The summed E-state index contributed by atoms with van der Waals surface area (Å²) in [6.07, 6.45) is 2.96. The average molecular weight is 270 g/mol. The molecular weight excluding hydrogens is 256 g/mol. The van der Waals surface area contributed by atoms with Gasteiger partial charge in [-0.05, 0) is 35.9 Å². The lowest BCUT2D eigenvalue weighted by Gasteiger charge is -2.07. The smallest absolute Gasteiger partial charge is 0.193 e. The highest BCUT2D eigenvalue weighted by molar-refractivity contribution is 6.10. The molecule has 0 saturated carbocycles. The van der Waals surface area contributed by atoms with E-state index in [2.05, 4.69) is 0 Å². The molecule has 102 valence electrons. The monoisotopic (exact) mass is 270 g/mol. The molecule has 0 saturated heterocycles. The summed E-state index contributed by atoms with van der Waals surface area (Å²) in [6.45, 7) is 0. The maximum atomic E-state index is 12.1. The van der Waals surface area contributed by atoms with Crippen LogP contribution in [0.25, 0.3) is 6.08 Å². The summed E-state index contributed by atoms with van der Waals surface area (Å²) in [5.41, 5.74) is 0.899. The van der Waals surface area contributed by atoms with Gasteiger partial charge in [-0.2, -0.15) is 0 Å². The minimum absolute atomic E-state index is 0.121. The third kappa shape index (κ3) is 2.98. The lowest BCUT2D eigenvalue weighted by atomic mass is 10.1. The first-order valence-electron chi connectivity index (χ1n) is 5.99. The molecule has 0 spiro atoms. The van der Waals surface area contributed by atoms with Gasteiger partial charge >= 0.3 is 0 Å². The van der Waals surface area contributed by atoms with Gasteiger partial charge in [0.1, 0.15) is 22.8 Å². The van der Waals surface area contributed by atoms with Crippen LogP contribution in [-0.4, -0.2) is 23.1 Å². The van der Waals surface area contributed by atoms with Gasteiger partial charge in [-0.25, -0.2) is 0 Å². The van der Waals surface area contributed by atoms with E-state index in [1.54, 1.807) is 30.3 Å². The van der Waals surface area contributed by atoms with Crippen molar-refractivity contribution in [1.29, 1.82) is 0 Å². The zero-order chi connectivity index (χ0) is 14.5. The van der Waals surface area contributed by atoms with Gasteiger partial charge in [-0.3, -0.25) is 4.79 Å². The normalized spacial score (nSPS) is 10.7. The van der Waals surface area contributed by atoms with Crippen molar-refractivity contribution in [3.05, 3.63) is 59.7 Å². The number of ether oxygens (including phenoxy) is 1. The summed E-state index contributed by atoms with van der Waals surface area (Å²) < 4.78 is 5.07. The maximum Gasteiger partial charge on any atom is 0.193 e. The SMILES string of the molecule is COc1cccc(O)c1C(=O)C=Cc1ccc(O)cc1. The Kier molecular flexibility index (Phi) is 4.05. The fourth-order valence-electron chi connectivity index (χ4n) is 1.78. The number of carbonyl (C=O) groups excluding carboxylic acids is 1. The molecule has 0 aliphatic carbocycles. The second-order valence-corrected chi connectivity index (χ2v) is 4.14. The lowest BCUT2D eigenvalue weighted by molar-refractivity contribution is 0.104. The van der Waals surface area contributed by atoms with Crippen molar-refractivity contribution in [2.24, 2.45) is 0 Å². The van der Waals surface area contributed by atoms with Crippen LogP contribution in [-0.2, 0) is 0 Å². The molecule has 0 fully saturated rings. The van der Waals surface area contributed by atoms with Crippen molar-refractivity contribution in [2.45, 2.75) is 0 Å². The number of aromatic hydroxyl groups is 2. The van der Waals surface area contributed by atoms with E-state index in [0.717, 1.165) is 5.56 Å². The van der Waals surface area contributed by atoms with Crippen molar-refractivity contribution in [3.8, 4) is 17.2 Å². The van der Waals surface area contributed by atoms with Crippen molar-refractivity contribution in [1.82, 2.24) is 0 Å². The van der Waals surface area contributed by atoms with Crippen LogP contribution >= 0.6 is 0 Å². The fourth-order valence-corrected chi connectivity index (χ4v) is 1.78. The van der Waals surface area contributed by atoms with Crippen molar-refractivity contribution in [3.63, 3.8) is 0 Å². The number of phenols is 2. The first-order chi connectivity index (χ1) is 9.61. The van der Waals surface area contributed by atoms with Crippen LogP contribution in [0.4, 0.5) is 0 Å². The summed E-state index contributed by atoms with van der Waals surface area (Å²) in [5, 5.41) is 18.9. The van der Waals surface area contributed by atoms with Gasteiger partial charge in [0.2, 0.25) is 0 Å². The topological polar surface area (TPSA) is 66.8 Å². The van der Waals surface area contributed by atoms with Crippen LogP contribution in [0, 0.1) is 0 Å². The van der Waals surface area contributed by atoms with Gasteiger partial charge in [0.25, 0.3) is 0 Å². The first kappa shape index (κ1) is 13.7. The van der Waals surface area contributed by atoms with Crippen LogP contribution in [0.3, 0.4) is 0 Å². The summed E-state index contributed by atoms with van der Waals surface area (Å²) in [4.78, 5) is 12.1. The van der Waals surface area contributed by atoms with E-state index >= 15 is 0 Å². The number of phenolic OH excluding ortho intramolecular Hbond substituents is 2. The molecule has 0 amide bonds. The minimum Gasteiger partial charge on any atom is -0.508 e. The molecule has 0 bridgehead atoms. The predicted octanol–water partition coefficient (Wildman–Crippen LogP) is 3.00. The van der Waals surface area contributed by atoms with Gasteiger partial charge in [0.15, 0.2) is 5.78 Å². The highest BCUT2D eigenvalue weighted by atomic mass is 16.5. The van der Waals surface area contributed by atoms with Gasteiger partial charge in [0, 0.05) is 0 Å². The molecule has 0 radical (unpaired) electrons. The zero-order valence-corrected chi connectivity index (χ0v) is 10.9. The third-order valence-electron chi connectivity index (χ3n) is 2.79. The largest absolute Gasteiger partial charge is 0.508 e. The second-order valence-electron chi connectivity index (χ2n) is 4.14. The second kappa shape index (κ2) is 5.93. The molecule has 2 rings (SSSR count). The third-order valence-corrected chi connectivity index (χ3v) is 2.79. The molecule has 0 aromatic heterocycles. The van der Waals surface area contributed by atoms with E-state index in [1.165, 1.54) is 31.4 Å². The summed E-state index contributed by atoms with van der Waals surface area (Å²) in [5.74, 6) is 0.0129. The van der Waals surface area contributed by atoms with Crippen molar-refractivity contribution >= 4 is 11.9 Å². The lowest BCUT2D eigenvalue weighted by Crippen LogP contribution is -1.99. The van der Waals surface area contributed by atoms with E-state index in [9.17, 15) is 15.0 Å². The quantitative estimate of drug-likeness (QED) is 0.662. The Morgan fingerprint density at radius 2 is 1.80 bits per heavy atom. The summed E-state index contributed by atoms with van der Waals surface area (Å²) >= 11 is 0. The van der Waals surface area contributed by atoms with E-state index in [-0.39, 0.29) is 22.8 Å². The zero-order valence-electron chi connectivity index (χ0n) is 10.9. The number of hydrogen-bond donors (Lipinski definition) is 2. The molecule has 2 N–H and O–H groups in total. The number of rotatable bonds is 4. The van der Waals surface area contributed by atoms with Crippen LogP contribution in [0.5, 0.6) is 17.2 Å². The molecule has 20 heavy (non-hydrogen) atoms. The number of benzene rings is 2. The van der Waals surface area contributed by atoms with Crippen LogP contribution in [0.1, 0.15) is 15.9 Å². The Balaban J connectivity index is 2.26. The maximum absolute atomic E-state index is 12.1. The Hall–Kier alpha value is -2.75. The first-order valence-corrected chi connectivity index (χ1v) is 5.99. The number of allylic oxidation sites excluding steroid dienone is 1. The summed E-state index contributed by atoms with van der Waals surface area (Å²) in [7, 11) is 1.44. The molecule has 0 aliphatic rings. The molecule has 2 aromatic carbocycles. The van der Waals surface area contributed by atoms with Crippen molar-refractivity contribution in [2.75, 3.05) is 7.11 Å². The van der Waals surface area contributed by atoms with Crippen molar-refractivity contribution < 1.29 is 19.7 Å². The van der Waals surface area contributed by atoms with E-state index in [4.69, 9.17) is 4.74 Å². The Labute approximate surface area is 116 Å². The molecule has 4 nitrogen and oxygen atoms in total. The standard InChI is InChI=1S/C16H14O4/c1-20-15-4-2-3-13(18)16(15)14(19)10-7-11-5-8-12(17)9-6-11/h2-10,17-18H,1H3. The highest BCUT2D eigenvalue weighted by Gasteiger charge is 2.14. The molecular formula is C16H14O4. The fraction of sp³-hybridized carbons (Fsp3) is 0.0625. The number of carbonyl (C=O) groups is 1. The van der Waals surface area contributed by atoms with Gasteiger partial charge < -0.3 is 14.9 Å². The van der Waals surface area contributed by atoms with Crippen LogP contribution < -0.4 is 4.74 Å². The van der Waals surface area contributed by atoms with Crippen LogP contribution in [0.15, 0.2) is 48.5 Å². The Bertz CT molecular complexity index is 642. The Morgan fingerprint density at radius 3 is 2.45 bits per heavy atom.